The summed E-state index contributed by atoms with van der Waals surface area (Å²) in [6.45, 7) is 4.55. The fourth-order valence-electron chi connectivity index (χ4n) is 3.80. The molecule has 1 saturated heterocycles. The molecule has 8 heteroatoms. The van der Waals surface area contributed by atoms with Gasteiger partial charge in [0.2, 0.25) is 0 Å². The van der Waals surface area contributed by atoms with Gasteiger partial charge in [0.25, 0.3) is 11.8 Å². The quantitative estimate of drug-likeness (QED) is 0.619. The highest BCUT2D eigenvalue weighted by Gasteiger charge is 2.32. The van der Waals surface area contributed by atoms with Gasteiger partial charge in [-0.25, -0.2) is 4.98 Å². The van der Waals surface area contributed by atoms with E-state index < -0.39 is 5.60 Å². The van der Waals surface area contributed by atoms with Crippen LogP contribution in [-0.2, 0) is 11.3 Å². The van der Waals surface area contributed by atoms with Crippen LogP contribution >= 0.6 is 0 Å². The topological polar surface area (TPSA) is 96.2 Å². The predicted molar refractivity (Wildman–Crippen MR) is 119 cm³/mol. The molecule has 1 fully saturated rings. The van der Waals surface area contributed by atoms with Gasteiger partial charge in [0.05, 0.1) is 0 Å². The Hall–Kier alpha value is -3.39. The molecule has 8 nitrogen and oxygen atoms in total. The SMILES string of the molecule is CC(C)(O)C(=O)N1CCC(Oc2ccc(C(=O)NCc3ccc4nccn4c3)cc2)CC1. The third-order valence-electron chi connectivity index (χ3n) is 5.57. The molecular formula is C24H28N4O4. The van der Waals surface area contributed by atoms with E-state index in [1.807, 2.05) is 28.9 Å². The van der Waals surface area contributed by atoms with Crippen molar-refractivity contribution in [3.63, 3.8) is 0 Å². The van der Waals surface area contributed by atoms with Gasteiger partial charge in [-0.05, 0) is 49.7 Å². The zero-order valence-electron chi connectivity index (χ0n) is 18.3. The normalized spacial score (nSPS) is 15.0. The number of carbonyl (C=O) groups is 2. The Bertz CT molecular complexity index is 1090. The standard InChI is InChI=1S/C24H28N4O4/c1-24(2,31)23(30)27-12-9-20(10-13-27)32-19-6-4-18(5-7-19)22(29)26-15-17-3-8-21-25-11-14-28(21)16-17/h3-8,11,14,16,20,31H,9-10,12-13,15H2,1-2H3,(H,26,29). The predicted octanol–water partition coefficient (Wildman–Crippen LogP) is 2.41. The summed E-state index contributed by atoms with van der Waals surface area (Å²) in [5.74, 6) is 0.288. The monoisotopic (exact) mass is 436 g/mol. The lowest BCUT2D eigenvalue weighted by Gasteiger charge is -2.35. The molecule has 1 aliphatic heterocycles. The Kier molecular flexibility index (Phi) is 6.14. The molecule has 0 unspecified atom stereocenters. The largest absolute Gasteiger partial charge is 0.490 e. The first-order valence-electron chi connectivity index (χ1n) is 10.8. The summed E-state index contributed by atoms with van der Waals surface area (Å²) in [4.78, 5) is 30.5. The van der Waals surface area contributed by atoms with E-state index >= 15 is 0 Å². The van der Waals surface area contributed by atoms with Gasteiger partial charge in [0.1, 0.15) is 23.1 Å². The maximum Gasteiger partial charge on any atom is 0.253 e. The number of imidazole rings is 1. The summed E-state index contributed by atoms with van der Waals surface area (Å²) < 4.78 is 7.94. The summed E-state index contributed by atoms with van der Waals surface area (Å²) in [5.41, 5.74) is 1.06. The fraction of sp³-hybridized carbons (Fsp3) is 0.375. The number of nitrogens with zero attached hydrogens (tertiary/aromatic N) is 3. The number of aliphatic hydroxyl groups is 1. The van der Waals surface area contributed by atoms with E-state index in [-0.39, 0.29) is 17.9 Å². The van der Waals surface area contributed by atoms with Crippen LogP contribution in [0.5, 0.6) is 5.75 Å². The zero-order valence-corrected chi connectivity index (χ0v) is 18.3. The van der Waals surface area contributed by atoms with Gasteiger partial charge < -0.3 is 24.5 Å². The van der Waals surface area contributed by atoms with Crippen LogP contribution in [0.3, 0.4) is 0 Å². The van der Waals surface area contributed by atoms with Gasteiger partial charge in [-0.1, -0.05) is 6.07 Å². The lowest BCUT2D eigenvalue weighted by Crippen LogP contribution is -2.49. The van der Waals surface area contributed by atoms with Crippen molar-refractivity contribution in [2.45, 2.75) is 44.9 Å². The minimum Gasteiger partial charge on any atom is -0.490 e. The van der Waals surface area contributed by atoms with Crippen molar-refractivity contribution < 1.29 is 19.4 Å². The molecule has 2 N–H and O–H groups in total. The number of rotatable bonds is 6. The number of pyridine rings is 1. The second-order valence-corrected chi connectivity index (χ2v) is 8.61. The summed E-state index contributed by atoms with van der Waals surface area (Å²) >= 11 is 0. The molecule has 0 atom stereocenters. The van der Waals surface area contributed by atoms with Crippen LogP contribution in [0, 0.1) is 0 Å². The van der Waals surface area contributed by atoms with Gasteiger partial charge in [-0.2, -0.15) is 0 Å². The van der Waals surface area contributed by atoms with E-state index in [0.717, 1.165) is 11.2 Å². The van der Waals surface area contributed by atoms with Crippen molar-refractivity contribution in [1.29, 1.82) is 0 Å². The molecule has 2 amide bonds. The lowest BCUT2D eigenvalue weighted by atomic mass is 10.0. The zero-order chi connectivity index (χ0) is 22.7. The molecule has 4 rings (SSSR count). The third kappa shape index (κ3) is 5.08. The lowest BCUT2D eigenvalue weighted by molar-refractivity contribution is -0.149. The van der Waals surface area contributed by atoms with Crippen molar-refractivity contribution in [1.82, 2.24) is 19.6 Å². The Balaban J connectivity index is 1.26. The minimum absolute atomic E-state index is 0.00127. The molecular weight excluding hydrogens is 408 g/mol. The highest BCUT2D eigenvalue weighted by molar-refractivity contribution is 5.94. The Labute approximate surface area is 186 Å². The van der Waals surface area contributed by atoms with Crippen LogP contribution in [0.4, 0.5) is 0 Å². The molecule has 3 aromatic rings. The minimum atomic E-state index is -1.35. The van der Waals surface area contributed by atoms with Gasteiger partial charge >= 0.3 is 0 Å². The van der Waals surface area contributed by atoms with E-state index in [0.29, 0.717) is 43.8 Å². The third-order valence-corrected chi connectivity index (χ3v) is 5.57. The van der Waals surface area contributed by atoms with E-state index in [9.17, 15) is 14.7 Å². The Morgan fingerprint density at radius 2 is 1.88 bits per heavy atom. The summed E-state index contributed by atoms with van der Waals surface area (Å²) in [5, 5.41) is 12.8. The first-order chi connectivity index (χ1) is 15.3. The van der Waals surface area contributed by atoms with Crippen LogP contribution in [0.15, 0.2) is 55.0 Å². The van der Waals surface area contributed by atoms with E-state index in [4.69, 9.17) is 4.74 Å². The molecule has 0 radical (unpaired) electrons. The molecule has 1 aliphatic rings. The number of carbonyl (C=O) groups excluding carboxylic acids is 2. The smallest absolute Gasteiger partial charge is 0.253 e. The number of nitrogens with one attached hydrogen (secondary N) is 1. The number of ether oxygens (including phenoxy) is 1. The molecule has 0 aliphatic carbocycles. The average Bonchev–Trinajstić information content (AvgIpc) is 3.25. The van der Waals surface area contributed by atoms with Crippen molar-refractivity contribution in [3.05, 3.63) is 66.1 Å². The van der Waals surface area contributed by atoms with Crippen molar-refractivity contribution >= 4 is 17.5 Å². The molecule has 0 bridgehead atoms. The second kappa shape index (κ2) is 9.00. The van der Waals surface area contributed by atoms with Crippen LogP contribution in [0.2, 0.25) is 0 Å². The maximum atomic E-state index is 12.5. The highest BCUT2D eigenvalue weighted by Crippen LogP contribution is 2.21. The molecule has 32 heavy (non-hydrogen) atoms. The van der Waals surface area contributed by atoms with E-state index in [2.05, 4.69) is 10.3 Å². The van der Waals surface area contributed by atoms with Crippen LogP contribution < -0.4 is 10.1 Å². The number of piperidine rings is 1. The van der Waals surface area contributed by atoms with E-state index in [1.165, 1.54) is 13.8 Å². The van der Waals surface area contributed by atoms with Crippen molar-refractivity contribution in [3.8, 4) is 5.75 Å². The molecule has 3 heterocycles. The van der Waals surface area contributed by atoms with Crippen molar-refractivity contribution in [2.75, 3.05) is 13.1 Å². The highest BCUT2D eigenvalue weighted by atomic mass is 16.5. The first kappa shape index (κ1) is 21.8. The number of benzene rings is 1. The first-order valence-corrected chi connectivity index (χ1v) is 10.8. The number of amides is 2. The van der Waals surface area contributed by atoms with E-state index in [1.54, 1.807) is 35.4 Å². The Morgan fingerprint density at radius 1 is 1.16 bits per heavy atom. The molecule has 0 saturated carbocycles. The Morgan fingerprint density at radius 3 is 2.56 bits per heavy atom. The molecule has 2 aromatic heterocycles. The molecule has 0 spiro atoms. The molecule has 1 aromatic carbocycles. The van der Waals surface area contributed by atoms with Crippen LogP contribution in [0.25, 0.3) is 5.65 Å². The summed E-state index contributed by atoms with van der Waals surface area (Å²) in [7, 11) is 0. The number of hydrogen-bond donors (Lipinski definition) is 2. The number of hydrogen-bond acceptors (Lipinski definition) is 5. The van der Waals surface area contributed by atoms with Gasteiger partial charge in [-0.15, -0.1) is 0 Å². The average molecular weight is 437 g/mol. The number of fused-ring (bicyclic) bond motifs is 1. The second-order valence-electron chi connectivity index (χ2n) is 8.61. The summed E-state index contributed by atoms with van der Waals surface area (Å²) in [6, 6.07) is 10.9. The molecule has 168 valence electrons. The van der Waals surface area contributed by atoms with Gasteiger partial charge in [0, 0.05) is 56.6 Å². The summed E-state index contributed by atoms with van der Waals surface area (Å²) in [6.07, 6.45) is 6.95. The fourth-order valence-corrected chi connectivity index (χ4v) is 3.80. The van der Waals surface area contributed by atoms with Crippen LogP contribution in [0.1, 0.15) is 42.6 Å². The van der Waals surface area contributed by atoms with Crippen molar-refractivity contribution in [2.24, 2.45) is 0 Å². The maximum absolute atomic E-state index is 12.5. The number of likely N-dealkylation sites (tertiary alicyclic amines) is 1. The number of aromatic nitrogens is 2. The van der Waals surface area contributed by atoms with Gasteiger partial charge in [0.15, 0.2) is 0 Å². The van der Waals surface area contributed by atoms with Crippen LogP contribution in [-0.4, -0.2) is 56.0 Å². The van der Waals surface area contributed by atoms with Gasteiger partial charge in [-0.3, -0.25) is 9.59 Å².